The number of hydrogen-bond acceptors (Lipinski definition) is 6. The molecule has 112 valence electrons. The van der Waals surface area contributed by atoms with Crippen LogP contribution in [0.15, 0.2) is 34.3 Å². The lowest BCUT2D eigenvalue weighted by atomic mass is 10.2. The monoisotopic (exact) mass is 312 g/mol. The summed E-state index contributed by atoms with van der Waals surface area (Å²) in [5, 5.41) is 14.1. The largest absolute Gasteiger partial charge is 0.297 e. The van der Waals surface area contributed by atoms with Crippen molar-refractivity contribution in [2.75, 3.05) is 0 Å². The fraction of sp³-hybridized carbons (Fsp3) is 0.455. The van der Waals surface area contributed by atoms with Gasteiger partial charge in [0, 0.05) is 17.0 Å². The second-order valence-corrected chi connectivity index (χ2v) is 6.12. The number of non-ortho nitro benzene ring substituents is 1. The van der Waals surface area contributed by atoms with Gasteiger partial charge in [-0.25, -0.2) is 0 Å². The first kappa shape index (κ1) is 15.2. The summed E-state index contributed by atoms with van der Waals surface area (Å²) in [6.07, 6.45) is 1.07. The Morgan fingerprint density at radius 3 is 2.57 bits per heavy atom. The molecule has 0 amide bonds. The summed E-state index contributed by atoms with van der Waals surface area (Å²) in [4.78, 5) is 12.4. The Balaban J connectivity index is 2.18. The molecule has 10 heteroatoms. The molecule has 0 bridgehead atoms. The van der Waals surface area contributed by atoms with Gasteiger partial charge in [0.25, 0.3) is 15.8 Å². The van der Waals surface area contributed by atoms with E-state index in [9.17, 15) is 18.5 Å². The number of azide groups is 1. The number of hydrogen-bond donors (Lipinski definition) is 0. The summed E-state index contributed by atoms with van der Waals surface area (Å²) in [5.41, 5.74) is 8.23. The minimum absolute atomic E-state index is 0.167. The van der Waals surface area contributed by atoms with Crippen molar-refractivity contribution < 1.29 is 17.5 Å². The van der Waals surface area contributed by atoms with Gasteiger partial charge in [0.15, 0.2) is 0 Å². The summed E-state index contributed by atoms with van der Waals surface area (Å²) in [7, 11) is -4.04. The molecule has 1 aromatic carbocycles. The molecule has 0 aliphatic heterocycles. The van der Waals surface area contributed by atoms with Gasteiger partial charge in [-0.15, -0.1) is 0 Å². The Bertz CT molecular complexity index is 681. The maximum atomic E-state index is 12.1. The molecule has 0 heterocycles. The van der Waals surface area contributed by atoms with Crippen molar-refractivity contribution in [3.63, 3.8) is 0 Å². The summed E-state index contributed by atoms with van der Waals surface area (Å²) in [6, 6.07) is 3.91. The number of nitrogens with zero attached hydrogens (tertiary/aromatic N) is 4. The second kappa shape index (κ2) is 6.08. The molecular formula is C11H12N4O5S. The van der Waals surface area contributed by atoms with Crippen LogP contribution in [0.5, 0.6) is 0 Å². The molecule has 0 saturated heterocycles. The van der Waals surface area contributed by atoms with Gasteiger partial charge in [0.05, 0.1) is 22.0 Å². The average molecular weight is 312 g/mol. The van der Waals surface area contributed by atoms with Crippen LogP contribution in [0, 0.1) is 10.1 Å². The second-order valence-electron chi connectivity index (χ2n) is 4.54. The van der Waals surface area contributed by atoms with Gasteiger partial charge in [-0.1, -0.05) is 11.5 Å². The van der Waals surface area contributed by atoms with Crippen molar-refractivity contribution in [3.8, 4) is 0 Å². The predicted octanol–water partition coefficient (Wildman–Crippen LogP) is 2.53. The maximum Gasteiger partial charge on any atom is 0.297 e. The lowest BCUT2D eigenvalue weighted by molar-refractivity contribution is -0.384. The van der Waals surface area contributed by atoms with E-state index >= 15 is 0 Å². The van der Waals surface area contributed by atoms with E-state index in [4.69, 9.17) is 9.71 Å². The molecule has 2 rings (SSSR count). The Morgan fingerprint density at radius 1 is 1.33 bits per heavy atom. The lowest BCUT2D eigenvalue weighted by Gasteiger charge is -2.15. The molecule has 1 fully saturated rings. The molecule has 1 saturated carbocycles. The maximum absolute atomic E-state index is 12.1. The Kier molecular flexibility index (Phi) is 4.41. The number of benzene rings is 1. The topological polar surface area (TPSA) is 135 Å². The minimum Gasteiger partial charge on any atom is -0.263 e. The molecule has 1 aliphatic carbocycles. The van der Waals surface area contributed by atoms with E-state index in [1.165, 1.54) is 0 Å². The van der Waals surface area contributed by atoms with Gasteiger partial charge in [-0.3, -0.25) is 14.3 Å². The third-order valence-corrected chi connectivity index (χ3v) is 4.55. The summed E-state index contributed by atoms with van der Waals surface area (Å²) in [5.74, 6) is 0. The minimum atomic E-state index is -4.04. The zero-order valence-corrected chi connectivity index (χ0v) is 11.6. The average Bonchev–Trinajstić information content (AvgIpc) is 2.86. The van der Waals surface area contributed by atoms with Crippen LogP contribution >= 0.6 is 0 Å². The Labute approximate surface area is 120 Å². The molecule has 2 atom stereocenters. The number of rotatable bonds is 5. The van der Waals surface area contributed by atoms with Gasteiger partial charge in [0.2, 0.25) is 0 Å². The smallest absolute Gasteiger partial charge is 0.263 e. The van der Waals surface area contributed by atoms with Crippen molar-refractivity contribution in [2.24, 2.45) is 5.11 Å². The number of nitro groups is 1. The molecule has 21 heavy (non-hydrogen) atoms. The van der Waals surface area contributed by atoms with Crippen LogP contribution in [0.1, 0.15) is 19.3 Å². The van der Waals surface area contributed by atoms with Crippen LogP contribution in [0.4, 0.5) is 5.69 Å². The molecule has 0 N–H and O–H groups in total. The molecule has 0 aromatic heterocycles. The third kappa shape index (κ3) is 3.48. The zero-order chi connectivity index (χ0) is 15.5. The fourth-order valence-electron chi connectivity index (χ4n) is 2.17. The van der Waals surface area contributed by atoms with Crippen molar-refractivity contribution in [3.05, 3.63) is 44.8 Å². The quantitative estimate of drug-likeness (QED) is 0.205. The van der Waals surface area contributed by atoms with Crippen molar-refractivity contribution >= 4 is 15.8 Å². The highest BCUT2D eigenvalue weighted by molar-refractivity contribution is 7.86. The van der Waals surface area contributed by atoms with Crippen molar-refractivity contribution in [1.29, 1.82) is 0 Å². The van der Waals surface area contributed by atoms with E-state index in [0.717, 1.165) is 24.3 Å². The lowest BCUT2D eigenvalue weighted by Crippen LogP contribution is -2.24. The van der Waals surface area contributed by atoms with Gasteiger partial charge >= 0.3 is 0 Å². The van der Waals surface area contributed by atoms with Crippen LogP contribution in [0.25, 0.3) is 10.4 Å². The molecule has 0 spiro atoms. The zero-order valence-electron chi connectivity index (χ0n) is 10.8. The van der Waals surface area contributed by atoms with Crippen LogP contribution in [0.2, 0.25) is 0 Å². The predicted molar refractivity (Wildman–Crippen MR) is 71.9 cm³/mol. The Hall–Kier alpha value is -2.16. The molecular weight excluding hydrogens is 300 g/mol. The fourth-order valence-corrected chi connectivity index (χ4v) is 3.30. The Morgan fingerprint density at radius 2 is 2.00 bits per heavy atom. The van der Waals surface area contributed by atoms with Gasteiger partial charge < -0.3 is 0 Å². The molecule has 9 nitrogen and oxygen atoms in total. The van der Waals surface area contributed by atoms with E-state index in [2.05, 4.69) is 10.0 Å². The van der Waals surface area contributed by atoms with Crippen LogP contribution in [0.3, 0.4) is 0 Å². The van der Waals surface area contributed by atoms with Gasteiger partial charge in [-0.05, 0) is 30.5 Å². The normalized spacial score (nSPS) is 21.7. The van der Waals surface area contributed by atoms with Crippen LogP contribution in [-0.2, 0) is 14.3 Å². The van der Waals surface area contributed by atoms with Crippen LogP contribution in [-0.4, -0.2) is 25.5 Å². The van der Waals surface area contributed by atoms with E-state index in [1.54, 1.807) is 0 Å². The van der Waals surface area contributed by atoms with Gasteiger partial charge in [-0.2, -0.15) is 8.42 Å². The first-order valence-electron chi connectivity index (χ1n) is 6.16. The van der Waals surface area contributed by atoms with E-state index in [0.29, 0.717) is 19.3 Å². The van der Waals surface area contributed by atoms with E-state index in [1.807, 2.05) is 0 Å². The molecule has 0 unspecified atom stereocenters. The number of nitro benzene ring substituents is 1. The summed E-state index contributed by atoms with van der Waals surface area (Å²) >= 11 is 0. The first-order chi connectivity index (χ1) is 9.94. The van der Waals surface area contributed by atoms with E-state index < -0.39 is 27.2 Å². The van der Waals surface area contributed by atoms with Crippen molar-refractivity contribution in [1.82, 2.24) is 0 Å². The standard InChI is InChI=1S/C11H12N4O5S/c12-14-13-10-2-1-3-11(10)20-21(18,19)9-6-4-8(5-7-9)15(16)17/h4-7,10-11H,1-3H2/t10-,11-/m1/s1. The first-order valence-corrected chi connectivity index (χ1v) is 7.57. The highest BCUT2D eigenvalue weighted by atomic mass is 32.2. The highest BCUT2D eigenvalue weighted by Gasteiger charge is 2.32. The third-order valence-electron chi connectivity index (χ3n) is 3.20. The molecule has 1 aliphatic rings. The highest BCUT2D eigenvalue weighted by Crippen LogP contribution is 2.28. The molecule has 1 aromatic rings. The van der Waals surface area contributed by atoms with Crippen LogP contribution < -0.4 is 0 Å². The molecule has 0 radical (unpaired) electrons. The summed E-state index contributed by atoms with van der Waals surface area (Å²) in [6.45, 7) is 0. The summed E-state index contributed by atoms with van der Waals surface area (Å²) < 4.78 is 29.3. The van der Waals surface area contributed by atoms with Crippen molar-refractivity contribution in [2.45, 2.75) is 36.3 Å². The SMILES string of the molecule is [N-]=[N+]=N[C@@H]1CCC[C@H]1OS(=O)(=O)c1ccc([N+](=O)[O-])cc1. The van der Waals surface area contributed by atoms with E-state index in [-0.39, 0.29) is 10.6 Å². The van der Waals surface area contributed by atoms with Gasteiger partial charge in [0.1, 0.15) is 0 Å².